The Hall–Kier alpha value is -1.87. The summed E-state index contributed by atoms with van der Waals surface area (Å²) < 4.78 is 0. The van der Waals surface area contributed by atoms with Gasteiger partial charge >= 0.3 is 5.97 Å². The Bertz CT molecular complexity index is 349. The molecule has 1 aromatic carbocycles. The average Bonchev–Trinajstić information content (AvgIpc) is 2.31. The molecular weight excluding hydrogens is 202 g/mol. The molecule has 0 aliphatic carbocycles. The van der Waals surface area contributed by atoms with E-state index in [9.17, 15) is 4.79 Å². The van der Waals surface area contributed by atoms with E-state index in [0.29, 0.717) is 18.7 Å². The maximum atomic E-state index is 11.7. The summed E-state index contributed by atoms with van der Waals surface area (Å²) in [5.41, 5.74) is 0.528. The predicted molar refractivity (Wildman–Crippen MR) is 63.8 cm³/mol. The van der Waals surface area contributed by atoms with Crippen LogP contribution in [0.15, 0.2) is 55.6 Å². The minimum atomic E-state index is -0.371. The molecule has 0 bridgehead atoms. The first kappa shape index (κ1) is 12.2. The van der Waals surface area contributed by atoms with Crippen LogP contribution in [0, 0.1) is 0 Å². The zero-order valence-corrected chi connectivity index (χ0v) is 9.13. The van der Waals surface area contributed by atoms with Gasteiger partial charge in [0.1, 0.15) is 0 Å². The van der Waals surface area contributed by atoms with E-state index in [1.807, 2.05) is 6.07 Å². The van der Waals surface area contributed by atoms with Gasteiger partial charge in [-0.3, -0.25) is 0 Å². The van der Waals surface area contributed by atoms with Gasteiger partial charge in [-0.1, -0.05) is 30.4 Å². The van der Waals surface area contributed by atoms with Crippen LogP contribution in [0.3, 0.4) is 0 Å². The van der Waals surface area contributed by atoms with Crippen molar-refractivity contribution in [3.05, 3.63) is 61.2 Å². The van der Waals surface area contributed by atoms with Gasteiger partial charge in [-0.25, -0.2) is 4.79 Å². The summed E-state index contributed by atoms with van der Waals surface area (Å²) in [5.74, 6) is -0.371. The van der Waals surface area contributed by atoms with Gasteiger partial charge in [-0.15, -0.1) is 18.2 Å². The summed E-state index contributed by atoms with van der Waals surface area (Å²) >= 11 is 0. The van der Waals surface area contributed by atoms with Gasteiger partial charge in [0, 0.05) is 0 Å². The van der Waals surface area contributed by atoms with Crippen LogP contribution in [-0.2, 0) is 4.84 Å². The smallest absolute Gasteiger partial charge is 0.357 e. The first-order chi connectivity index (χ1) is 7.77. The third-order valence-electron chi connectivity index (χ3n) is 1.89. The molecule has 0 unspecified atom stereocenters. The molecule has 0 amide bonds. The molecule has 0 aromatic heterocycles. The maximum absolute atomic E-state index is 11.7. The lowest BCUT2D eigenvalue weighted by atomic mass is 10.2. The third kappa shape index (κ3) is 3.71. The van der Waals surface area contributed by atoms with Crippen molar-refractivity contribution in [2.24, 2.45) is 0 Å². The van der Waals surface area contributed by atoms with Gasteiger partial charge in [-0.2, -0.15) is 0 Å². The number of hydrogen-bond donors (Lipinski definition) is 0. The van der Waals surface area contributed by atoms with Crippen LogP contribution >= 0.6 is 0 Å². The highest BCUT2D eigenvalue weighted by Gasteiger charge is 2.10. The Kier molecular flexibility index (Phi) is 5.02. The topological polar surface area (TPSA) is 29.5 Å². The van der Waals surface area contributed by atoms with Crippen molar-refractivity contribution >= 4 is 5.97 Å². The Balaban J connectivity index is 2.61. The predicted octanol–water partition coefficient (Wildman–Crippen LogP) is 2.43. The maximum Gasteiger partial charge on any atom is 0.357 e. The molecule has 1 aromatic rings. The molecule has 0 aliphatic heterocycles. The van der Waals surface area contributed by atoms with Crippen molar-refractivity contribution in [1.29, 1.82) is 0 Å². The van der Waals surface area contributed by atoms with E-state index in [1.54, 1.807) is 36.4 Å². The van der Waals surface area contributed by atoms with Gasteiger partial charge in [-0.05, 0) is 12.1 Å². The van der Waals surface area contributed by atoms with E-state index < -0.39 is 0 Å². The Labute approximate surface area is 95.6 Å². The molecular formula is C13H15NO2. The number of rotatable bonds is 6. The molecule has 0 radical (unpaired) electrons. The minimum Gasteiger partial charge on any atom is -0.363 e. The van der Waals surface area contributed by atoms with Crippen molar-refractivity contribution in [2.75, 3.05) is 13.1 Å². The van der Waals surface area contributed by atoms with E-state index >= 15 is 0 Å². The van der Waals surface area contributed by atoms with E-state index in [0.717, 1.165) is 0 Å². The van der Waals surface area contributed by atoms with Crippen molar-refractivity contribution in [3.63, 3.8) is 0 Å². The number of benzene rings is 1. The summed E-state index contributed by atoms with van der Waals surface area (Å²) in [6, 6.07) is 8.86. The molecule has 16 heavy (non-hydrogen) atoms. The molecule has 1 rings (SSSR count). The largest absolute Gasteiger partial charge is 0.363 e. The molecule has 3 nitrogen and oxygen atoms in total. The van der Waals surface area contributed by atoms with E-state index in [4.69, 9.17) is 4.84 Å². The third-order valence-corrected chi connectivity index (χ3v) is 1.89. The molecule has 0 atom stereocenters. The van der Waals surface area contributed by atoms with Gasteiger partial charge < -0.3 is 4.84 Å². The number of hydrogen-bond acceptors (Lipinski definition) is 3. The molecule has 0 N–H and O–H groups in total. The lowest BCUT2D eigenvalue weighted by Crippen LogP contribution is -2.27. The Morgan fingerprint density at radius 1 is 1.19 bits per heavy atom. The second-order valence-electron chi connectivity index (χ2n) is 3.17. The lowest BCUT2D eigenvalue weighted by Gasteiger charge is -2.17. The highest BCUT2D eigenvalue weighted by atomic mass is 16.7. The van der Waals surface area contributed by atoms with Crippen LogP contribution < -0.4 is 0 Å². The zero-order chi connectivity index (χ0) is 11.8. The fraction of sp³-hybridized carbons (Fsp3) is 0.154. The summed E-state index contributed by atoms with van der Waals surface area (Å²) in [6.07, 6.45) is 3.34. The second kappa shape index (κ2) is 6.58. The Morgan fingerprint density at radius 2 is 1.75 bits per heavy atom. The van der Waals surface area contributed by atoms with Crippen molar-refractivity contribution < 1.29 is 9.63 Å². The van der Waals surface area contributed by atoms with Crippen LogP contribution in [0.5, 0.6) is 0 Å². The minimum absolute atomic E-state index is 0.371. The first-order valence-electron chi connectivity index (χ1n) is 5.02. The van der Waals surface area contributed by atoms with E-state index in [1.165, 1.54) is 5.06 Å². The quantitative estimate of drug-likeness (QED) is 0.541. The number of hydroxylamine groups is 2. The van der Waals surface area contributed by atoms with Crippen molar-refractivity contribution in [2.45, 2.75) is 0 Å². The summed E-state index contributed by atoms with van der Waals surface area (Å²) in [7, 11) is 0. The SMILES string of the molecule is C=CCN(CC=C)OC(=O)c1ccccc1. The summed E-state index contributed by atoms with van der Waals surface area (Å²) in [6.45, 7) is 8.14. The van der Waals surface area contributed by atoms with Crippen molar-refractivity contribution in [1.82, 2.24) is 5.06 Å². The molecule has 0 saturated heterocycles. The number of carbonyl (C=O) groups is 1. The average molecular weight is 217 g/mol. The molecule has 0 fully saturated rings. The van der Waals surface area contributed by atoms with Crippen LogP contribution in [0.2, 0.25) is 0 Å². The summed E-state index contributed by atoms with van der Waals surface area (Å²) in [5, 5.41) is 1.50. The number of carbonyl (C=O) groups excluding carboxylic acids is 1. The van der Waals surface area contributed by atoms with Crippen molar-refractivity contribution in [3.8, 4) is 0 Å². The fourth-order valence-corrected chi connectivity index (χ4v) is 1.18. The van der Waals surface area contributed by atoms with Crippen LogP contribution in [0.1, 0.15) is 10.4 Å². The number of nitrogens with zero attached hydrogens (tertiary/aromatic N) is 1. The monoisotopic (exact) mass is 217 g/mol. The lowest BCUT2D eigenvalue weighted by molar-refractivity contribution is -0.0936. The molecule has 84 valence electrons. The Morgan fingerprint density at radius 3 is 2.25 bits per heavy atom. The van der Waals surface area contributed by atoms with Crippen LogP contribution in [0.4, 0.5) is 0 Å². The second-order valence-corrected chi connectivity index (χ2v) is 3.17. The van der Waals surface area contributed by atoms with Gasteiger partial charge in [0.05, 0.1) is 18.7 Å². The van der Waals surface area contributed by atoms with Gasteiger partial charge in [0.2, 0.25) is 0 Å². The highest BCUT2D eigenvalue weighted by Crippen LogP contribution is 2.03. The zero-order valence-electron chi connectivity index (χ0n) is 9.13. The first-order valence-corrected chi connectivity index (χ1v) is 5.02. The summed E-state index contributed by atoms with van der Waals surface area (Å²) in [4.78, 5) is 16.8. The molecule has 0 heterocycles. The fourth-order valence-electron chi connectivity index (χ4n) is 1.18. The van der Waals surface area contributed by atoms with Crippen LogP contribution in [0.25, 0.3) is 0 Å². The molecule has 3 heteroatoms. The van der Waals surface area contributed by atoms with E-state index in [-0.39, 0.29) is 5.97 Å². The molecule has 0 saturated carbocycles. The molecule has 0 spiro atoms. The van der Waals surface area contributed by atoms with Gasteiger partial charge in [0.25, 0.3) is 0 Å². The standard InChI is InChI=1S/C13H15NO2/c1-3-10-14(11-4-2)16-13(15)12-8-6-5-7-9-12/h3-9H,1-2,10-11H2. The molecule has 0 aliphatic rings. The highest BCUT2D eigenvalue weighted by molar-refractivity contribution is 5.89. The van der Waals surface area contributed by atoms with Crippen LogP contribution in [-0.4, -0.2) is 24.1 Å². The normalized spacial score (nSPS) is 9.81. The van der Waals surface area contributed by atoms with E-state index in [2.05, 4.69) is 13.2 Å². The van der Waals surface area contributed by atoms with Gasteiger partial charge in [0.15, 0.2) is 0 Å².